The van der Waals surface area contributed by atoms with E-state index in [9.17, 15) is 4.79 Å². The molecule has 1 fully saturated rings. The number of carbonyl (C=O) groups is 1. The highest BCUT2D eigenvalue weighted by molar-refractivity contribution is 5.80. The Labute approximate surface area is 143 Å². The lowest BCUT2D eigenvalue weighted by molar-refractivity contribution is -0.149. The van der Waals surface area contributed by atoms with E-state index in [0.29, 0.717) is 19.0 Å². The molecule has 24 heavy (non-hydrogen) atoms. The number of carbonyl (C=O) groups excluding carboxylic acids is 1. The predicted octanol–water partition coefficient (Wildman–Crippen LogP) is 1.44. The minimum atomic E-state index is -0.0793. The van der Waals surface area contributed by atoms with E-state index in [4.69, 9.17) is 9.47 Å². The molecule has 1 aliphatic heterocycles. The van der Waals surface area contributed by atoms with Crippen molar-refractivity contribution in [3.63, 3.8) is 0 Å². The molecule has 7 heteroatoms. The van der Waals surface area contributed by atoms with Gasteiger partial charge in [-0.2, -0.15) is 0 Å². The molecular formula is C17H26N4O3. The van der Waals surface area contributed by atoms with Crippen LogP contribution >= 0.6 is 0 Å². The van der Waals surface area contributed by atoms with Gasteiger partial charge in [-0.1, -0.05) is 6.07 Å². The molecule has 132 valence electrons. The van der Waals surface area contributed by atoms with E-state index < -0.39 is 0 Å². The van der Waals surface area contributed by atoms with Crippen molar-refractivity contribution in [1.82, 2.24) is 15.2 Å². The zero-order valence-electron chi connectivity index (χ0n) is 14.6. The van der Waals surface area contributed by atoms with Crippen molar-refractivity contribution < 1.29 is 14.3 Å². The number of likely N-dealkylation sites (tertiary alicyclic amines) is 1. The van der Waals surface area contributed by atoms with Crippen molar-refractivity contribution in [2.75, 3.05) is 33.9 Å². The van der Waals surface area contributed by atoms with Crippen molar-refractivity contribution in [1.29, 1.82) is 0 Å². The van der Waals surface area contributed by atoms with E-state index in [2.05, 4.69) is 20.2 Å². The second-order valence-electron chi connectivity index (χ2n) is 5.62. The van der Waals surface area contributed by atoms with Crippen LogP contribution in [0.2, 0.25) is 0 Å². The zero-order chi connectivity index (χ0) is 17.4. The molecule has 0 radical (unpaired) electrons. The highest BCUT2D eigenvalue weighted by atomic mass is 16.5. The van der Waals surface area contributed by atoms with Crippen LogP contribution in [0.4, 0.5) is 0 Å². The maximum atomic E-state index is 11.8. The third kappa shape index (κ3) is 4.84. The number of guanidine groups is 1. The highest BCUT2D eigenvalue weighted by Gasteiger charge is 2.27. The summed E-state index contributed by atoms with van der Waals surface area (Å²) in [5.74, 6) is 1.37. The maximum Gasteiger partial charge on any atom is 0.309 e. The zero-order valence-corrected chi connectivity index (χ0v) is 14.6. The van der Waals surface area contributed by atoms with Crippen molar-refractivity contribution >= 4 is 11.9 Å². The van der Waals surface area contributed by atoms with Crippen LogP contribution < -0.4 is 10.1 Å². The number of aromatic nitrogens is 1. The van der Waals surface area contributed by atoms with Crippen LogP contribution in [0.3, 0.4) is 0 Å². The van der Waals surface area contributed by atoms with E-state index in [1.807, 2.05) is 19.1 Å². The van der Waals surface area contributed by atoms with Gasteiger partial charge in [0.05, 0.1) is 19.6 Å². The first kappa shape index (κ1) is 18.0. The number of aliphatic imine (C=N–C) groups is 1. The maximum absolute atomic E-state index is 11.8. The van der Waals surface area contributed by atoms with Gasteiger partial charge in [-0.3, -0.25) is 9.79 Å². The number of piperidine rings is 1. The fraction of sp³-hybridized carbons (Fsp3) is 0.588. The molecule has 0 atom stereocenters. The van der Waals surface area contributed by atoms with Crippen LogP contribution in [0.25, 0.3) is 0 Å². The lowest BCUT2D eigenvalue weighted by Crippen LogP contribution is -2.46. The molecule has 0 unspecified atom stereocenters. The van der Waals surface area contributed by atoms with Gasteiger partial charge in [-0.15, -0.1) is 0 Å². The smallest absolute Gasteiger partial charge is 0.309 e. The van der Waals surface area contributed by atoms with Gasteiger partial charge in [-0.25, -0.2) is 4.98 Å². The van der Waals surface area contributed by atoms with E-state index >= 15 is 0 Å². The minimum Gasteiger partial charge on any atom is -0.481 e. The third-order valence-corrected chi connectivity index (χ3v) is 4.08. The molecule has 1 aliphatic rings. The second-order valence-corrected chi connectivity index (χ2v) is 5.62. The Morgan fingerprint density at radius 1 is 1.42 bits per heavy atom. The summed E-state index contributed by atoms with van der Waals surface area (Å²) in [6.07, 6.45) is 3.37. The van der Waals surface area contributed by atoms with Crippen LogP contribution in [0.1, 0.15) is 25.3 Å². The molecule has 1 aromatic heterocycles. The number of ether oxygens (including phenoxy) is 2. The SMILES string of the molecule is CCOC(=O)C1CCN(C(=NC)NCc2ccc(OC)nc2)CC1. The van der Waals surface area contributed by atoms with Crippen LogP contribution in [-0.2, 0) is 16.1 Å². The fourth-order valence-electron chi connectivity index (χ4n) is 2.74. The minimum absolute atomic E-state index is 0.00472. The molecule has 1 N–H and O–H groups in total. The molecule has 0 spiro atoms. The molecule has 0 aromatic carbocycles. The van der Waals surface area contributed by atoms with Crippen LogP contribution in [0.15, 0.2) is 23.3 Å². The average molecular weight is 334 g/mol. The molecule has 0 bridgehead atoms. The summed E-state index contributed by atoms with van der Waals surface area (Å²) < 4.78 is 10.2. The van der Waals surface area contributed by atoms with Crippen LogP contribution in [0, 0.1) is 5.92 Å². The van der Waals surface area contributed by atoms with Gasteiger partial charge in [-0.05, 0) is 25.3 Å². The molecule has 7 nitrogen and oxygen atoms in total. The number of hydrogen-bond donors (Lipinski definition) is 1. The van der Waals surface area contributed by atoms with Crippen molar-refractivity contribution in [3.05, 3.63) is 23.9 Å². The molecular weight excluding hydrogens is 308 g/mol. The number of pyridine rings is 1. The summed E-state index contributed by atoms with van der Waals surface area (Å²) in [6.45, 7) is 4.51. The average Bonchev–Trinajstić information content (AvgIpc) is 2.63. The Hall–Kier alpha value is -2.31. The Bertz CT molecular complexity index is 551. The second kappa shape index (κ2) is 9.10. The van der Waals surface area contributed by atoms with Gasteiger partial charge in [0.25, 0.3) is 0 Å². The summed E-state index contributed by atoms with van der Waals surface area (Å²) in [7, 11) is 3.37. The van der Waals surface area contributed by atoms with Crippen molar-refractivity contribution in [3.8, 4) is 5.88 Å². The van der Waals surface area contributed by atoms with Gasteiger partial charge in [0.1, 0.15) is 0 Å². The van der Waals surface area contributed by atoms with Gasteiger partial charge in [0, 0.05) is 38.9 Å². The van der Waals surface area contributed by atoms with E-state index in [-0.39, 0.29) is 11.9 Å². The molecule has 0 aliphatic carbocycles. The lowest BCUT2D eigenvalue weighted by atomic mass is 9.97. The van der Waals surface area contributed by atoms with Crippen molar-refractivity contribution in [2.24, 2.45) is 10.9 Å². The van der Waals surface area contributed by atoms with Gasteiger partial charge < -0.3 is 19.7 Å². The number of nitrogens with zero attached hydrogens (tertiary/aromatic N) is 3. The summed E-state index contributed by atoms with van der Waals surface area (Å²) in [6, 6.07) is 3.81. The van der Waals surface area contributed by atoms with E-state index in [1.165, 1.54) is 0 Å². The molecule has 0 saturated carbocycles. The Morgan fingerprint density at radius 2 is 2.17 bits per heavy atom. The number of rotatable bonds is 5. The normalized spacial score (nSPS) is 16.0. The van der Waals surface area contributed by atoms with Gasteiger partial charge >= 0.3 is 5.97 Å². The number of methoxy groups -OCH3 is 1. The van der Waals surface area contributed by atoms with E-state index in [1.54, 1.807) is 20.4 Å². The third-order valence-electron chi connectivity index (χ3n) is 4.08. The van der Waals surface area contributed by atoms with Crippen LogP contribution in [0.5, 0.6) is 5.88 Å². The molecule has 1 saturated heterocycles. The summed E-state index contributed by atoms with van der Waals surface area (Å²) >= 11 is 0. The summed E-state index contributed by atoms with van der Waals surface area (Å²) in [5.41, 5.74) is 1.05. The number of hydrogen-bond acceptors (Lipinski definition) is 5. The number of nitrogens with one attached hydrogen (secondary N) is 1. The standard InChI is InChI=1S/C17H26N4O3/c1-4-24-16(22)14-7-9-21(10-8-14)17(18-2)20-12-13-5-6-15(23-3)19-11-13/h5-6,11,14H,4,7-10,12H2,1-3H3,(H,18,20). The summed E-state index contributed by atoms with van der Waals surface area (Å²) in [4.78, 5) is 22.5. The van der Waals surface area contributed by atoms with Crippen LogP contribution in [-0.4, -0.2) is 55.7 Å². The monoisotopic (exact) mass is 334 g/mol. The molecule has 2 rings (SSSR count). The molecule has 0 amide bonds. The predicted molar refractivity (Wildman–Crippen MR) is 91.9 cm³/mol. The quantitative estimate of drug-likeness (QED) is 0.499. The van der Waals surface area contributed by atoms with Gasteiger partial charge in [0.2, 0.25) is 5.88 Å². The fourth-order valence-corrected chi connectivity index (χ4v) is 2.74. The number of esters is 1. The topological polar surface area (TPSA) is 76.0 Å². The highest BCUT2D eigenvalue weighted by Crippen LogP contribution is 2.18. The van der Waals surface area contributed by atoms with E-state index in [0.717, 1.165) is 37.5 Å². The van der Waals surface area contributed by atoms with Gasteiger partial charge in [0.15, 0.2) is 5.96 Å². The summed E-state index contributed by atoms with van der Waals surface area (Å²) in [5, 5.41) is 3.34. The first-order chi connectivity index (χ1) is 11.7. The first-order valence-electron chi connectivity index (χ1n) is 8.29. The lowest BCUT2D eigenvalue weighted by Gasteiger charge is -2.33. The van der Waals surface area contributed by atoms with Crippen molar-refractivity contribution in [2.45, 2.75) is 26.3 Å². The molecule has 1 aromatic rings. The Morgan fingerprint density at radius 3 is 2.71 bits per heavy atom. The molecule has 2 heterocycles. The largest absolute Gasteiger partial charge is 0.481 e. The Balaban J connectivity index is 1.83. The Kier molecular flexibility index (Phi) is 6.84. The first-order valence-corrected chi connectivity index (χ1v) is 8.29.